The van der Waals surface area contributed by atoms with Crippen LogP contribution in [0.1, 0.15) is 16.5 Å². The second-order valence-corrected chi connectivity index (χ2v) is 5.29. The van der Waals surface area contributed by atoms with Crippen LogP contribution in [0, 0.1) is 0 Å². The Morgan fingerprint density at radius 2 is 1.42 bits per heavy atom. The Labute approximate surface area is 118 Å². The standard InChI is InChI=1S/C18H15Cl/c19-18(12-14-6-2-1-3-7-14)17-11-10-15-8-4-5-9-16(15)13-17/h1-11,13,18H,12H2. The van der Waals surface area contributed by atoms with Gasteiger partial charge < -0.3 is 0 Å². The molecule has 0 saturated carbocycles. The molecule has 0 amide bonds. The van der Waals surface area contributed by atoms with E-state index in [2.05, 4.69) is 66.7 Å². The van der Waals surface area contributed by atoms with E-state index in [1.807, 2.05) is 6.07 Å². The smallest absolute Gasteiger partial charge is 0.0625 e. The number of hydrogen-bond donors (Lipinski definition) is 0. The minimum absolute atomic E-state index is 0.0204. The van der Waals surface area contributed by atoms with Crippen molar-refractivity contribution in [1.82, 2.24) is 0 Å². The normalized spacial score (nSPS) is 12.5. The van der Waals surface area contributed by atoms with Crippen LogP contribution in [0.2, 0.25) is 0 Å². The number of benzene rings is 3. The molecule has 0 bridgehead atoms. The molecule has 0 radical (unpaired) electrons. The van der Waals surface area contributed by atoms with E-state index in [-0.39, 0.29) is 5.38 Å². The maximum atomic E-state index is 6.54. The fraction of sp³-hybridized carbons (Fsp3) is 0.111. The number of rotatable bonds is 3. The number of hydrogen-bond acceptors (Lipinski definition) is 0. The predicted octanol–water partition coefficient (Wildman–Crippen LogP) is 5.36. The highest BCUT2D eigenvalue weighted by Gasteiger charge is 2.09. The van der Waals surface area contributed by atoms with E-state index in [4.69, 9.17) is 11.6 Å². The lowest BCUT2D eigenvalue weighted by molar-refractivity contribution is 0.922. The summed E-state index contributed by atoms with van der Waals surface area (Å²) in [5, 5.41) is 2.53. The fourth-order valence-corrected chi connectivity index (χ4v) is 2.66. The van der Waals surface area contributed by atoms with E-state index < -0.39 is 0 Å². The number of alkyl halides is 1. The van der Waals surface area contributed by atoms with Crippen LogP contribution < -0.4 is 0 Å². The van der Waals surface area contributed by atoms with Crippen molar-refractivity contribution in [1.29, 1.82) is 0 Å². The maximum absolute atomic E-state index is 6.54. The lowest BCUT2D eigenvalue weighted by atomic mass is 10.0. The van der Waals surface area contributed by atoms with Gasteiger partial charge in [-0.15, -0.1) is 11.6 Å². The summed E-state index contributed by atoms with van der Waals surface area (Å²) in [6, 6.07) is 25.2. The molecule has 3 aromatic carbocycles. The molecule has 0 heterocycles. The van der Waals surface area contributed by atoms with Gasteiger partial charge in [-0.1, -0.05) is 66.7 Å². The molecule has 0 spiro atoms. The molecule has 3 aromatic rings. The van der Waals surface area contributed by atoms with E-state index in [1.165, 1.54) is 21.9 Å². The summed E-state index contributed by atoms with van der Waals surface area (Å²) < 4.78 is 0. The first-order chi connectivity index (χ1) is 9.33. The SMILES string of the molecule is ClC(Cc1ccccc1)c1ccc2ccccc2c1. The van der Waals surface area contributed by atoms with Crippen molar-refractivity contribution in [3.8, 4) is 0 Å². The lowest BCUT2D eigenvalue weighted by Gasteiger charge is -2.11. The van der Waals surface area contributed by atoms with Gasteiger partial charge in [0.15, 0.2) is 0 Å². The minimum atomic E-state index is 0.0204. The third kappa shape index (κ3) is 2.80. The van der Waals surface area contributed by atoms with Crippen molar-refractivity contribution >= 4 is 22.4 Å². The average Bonchev–Trinajstić information content (AvgIpc) is 2.48. The molecular formula is C18H15Cl. The number of fused-ring (bicyclic) bond motifs is 1. The topological polar surface area (TPSA) is 0 Å². The molecule has 19 heavy (non-hydrogen) atoms. The van der Waals surface area contributed by atoms with Crippen LogP contribution in [-0.4, -0.2) is 0 Å². The quantitative estimate of drug-likeness (QED) is 0.560. The Balaban J connectivity index is 1.87. The van der Waals surface area contributed by atoms with Gasteiger partial charge in [0.25, 0.3) is 0 Å². The van der Waals surface area contributed by atoms with Crippen molar-refractivity contribution in [3.05, 3.63) is 83.9 Å². The Hall–Kier alpha value is -1.79. The molecule has 1 unspecified atom stereocenters. The van der Waals surface area contributed by atoms with Crippen molar-refractivity contribution in [2.75, 3.05) is 0 Å². The minimum Gasteiger partial charge on any atom is -0.117 e. The van der Waals surface area contributed by atoms with Gasteiger partial charge in [-0.3, -0.25) is 0 Å². The average molecular weight is 267 g/mol. The van der Waals surface area contributed by atoms with E-state index in [0.29, 0.717) is 0 Å². The van der Waals surface area contributed by atoms with Crippen LogP contribution in [0.25, 0.3) is 10.8 Å². The summed E-state index contributed by atoms with van der Waals surface area (Å²) in [5.74, 6) is 0. The first kappa shape index (κ1) is 12.3. The molecule has 3 rings (SSSR count). The third-order valence-electron chi connectivity index (χ3n) is 3.39. The van der Waals surface area contributed by atoms with Gasteiger partial charge >= 0.3 is 0 Å². The van der Waals surface area contributed by atoms with Crippen molar-refractivity contribution in [2.45, 2.75) is 11.8 Å². The fourth-order valence-electron chi connectivity index (χ4n) is 2.34. The summed E-state index contributed by atoms with van der Waals surface area (Å²) in [6.07, 6.45) is 0.862. The molecule has 94 valence electrons. The molecule has 0 aliphatic carbocycles. The van der Waals surface area contributed by atoms with Crippen molar-refractivity contribution in [3.63, 3.8) is 0 Å². The molecule has 0 saturated heterocycles. The molecule has 0 aliphatic rings. The van der Waals surface area contributed by atoms with Gasteiger partial charge in [-0.05, 0) is 34.4 Å². The summed E-state index contributed by atoms with van der Waals surface area (Å²) in [5.41, 5.74) is 2.46. The molecule has 0 aromatic heterocycles. The van der Waals surface area contributed by atoms with Crippen molar-refractivity contribution < 1.29 is 0 Å². The van der Waals surface area contributed by atoms with E-state index in [1.54, 1.807) is 0 Å². The van der Waals surface area contributed by atoms with Gasteiger partial charge in [0.1, 0.15) is 0 Å². The van der Waals surface area contributed by atoms with Crippen molar-refractivity contribution in [2.24, 2.45) is 0 Å². The summed E-state index contributed by atoms with van der Waals surface area (Å²) in [7, 11) is 0. The Morgan fingerprint density at radius 1 is 0.737 bits per heavy atom. The summed E-state index contributed by atoms with van der Waals surface area (Å²) >= 11 is 6.54. The second-order valence-electron chi connectivity index (χ2n) is 4.76. The largest absolute Gasteiger partial charge is 0.117 e. The van der Waals surface area contributed by atoms with Crippen LogP contribution in [0.3, 0.4) is 0 Å². The zero-order chi connectivity index (χ0) is 13.1. The van der Waals surface area contributed by atoms with Crippen LogP contribution in [0.5, 0.6) is 0 Å². The molecular weight excluding hydrogens is 252 g/mol. The Morgan fingerprint density at radius 3 is 2.21 bits per heavy atom. The molecule has 0 N–H and O–H groups in total. The van der Waals surface area contributed by atoms with Gasteiger partial charge in [-0.2, -0.15) is 0 Å². The Bertz CT molecular complexity index is 673. The van der Waals surface area contributed by atoms with Gasteiger partial charge in [0.05, 0.1) is 5.38 Å². The first-order valence-electron chi connectivity index (χ1n) is 6.49. The van der Waals surface area contributed by atoms with Crippen LogP contribution in [0.4, 0.5) is 0 Å². The van der Waals surface area contributed by atoms with E-state index >= 15 is 0 Å². The molecule has 0 nitrogen and oxygen atoms in total. The molecule has 1 atom stereocenters. The predicted molar refractivity (Wildman–Crippen MR) is 82.7 cm³/mol. The summed E-state index contributed by atoms with van der Waals surface area (Å²) in [4.78, 5) is 0. The molecule has 0 fully saturated rings. The monoisotopic (exact) mass is 266 g/mol. The number of halogens is 1. The maximum Gasteiger partial charge on any atom is 0.0625 e. The molecule has 0 aliphatic heterocycles. The van der Waals surface area contributed by atoms with E-state index in [9.17, 15) is 0 Å². The lowest BCUT2D eigenvalue weighted by Crippen LogP contribution is -1.95. The van der Waals surface area contributed by atoms with E-state index in [0.717, 1.165) is 6.42 Å². The third-order valence-corrected chi connectivity index (χ3v) is 3.80. The van der Waals surface area contributed by atoms with Crippen LogP contribution >= 0.6 is 11.6 Å². The highest BCUT2D eigenvalue weighted by Crippen LogP contribution is 2.27. The highest BCUT2D eigenvalue weighted by atomic mass is 35.5. The van der Waals surface area contributed by atoms with Crippen LogP contribution in [-0.2, 0) is 6.42 Å². The van der Waals surface area contributed by atoms with Crippen LogP contribution in [0.15, 0.2) is 72.8 Å². The first-order valence-corrected chi connectivity index (χ1v) is 6.93. The Kier molecular flexibility index (Phi) is 3.52. The van der Waals surface area contributed by atoms with Gasteiger partial charge in [-0.25, -0.2) is 0 Å². The van der Waals surface area contributed by atoms with Gasteiger partial charge in [0.2, 0.25) is 0 Å². The second kappa shape index (κ2) is 5.46. The summed E-state index contributed by atoms with van der Waals surface area (Å²) in [6.45, 7) is 0. The van der Waals surface area contributed by atoms with Gasteiger partial charge in [0, 0.05) is 0 Å². The zero-order valence-corrected chi connectivity index (χ0v) is 11.3. The molecule has 1 heteroatoms. The zero-order valence-electron chi connectivity index (χ0n) is 10.6. The highest BCUT2D eigenvalue weighted by molar-refractivity contribution is 6.21.